The van der Waals surface area contributed by atoms with Gasteiger partial charge in [0.15, 0.2) is 11.6 Å². The lowest BCUT2D eigenvalue weighted by Gasteiger charge is -2.48. The van der Waals surface area contributed by atoms with E-state index in [0.717, 1.165) is 67.2 Å². The fourth-order valence-electron chi connectivity index (χ4n) is 5.40. The summed E-state index contributed by atoms with van der Waals surface area (Å²) in [5.41, 5.74) is 1.75. The van der Waals surface area contributed by atoms with Gasteiger partial charge in [0.2, 0.25) is 5.95 Å². The number of halogens is 1. The van der Waals surface area contributed by atoms with Crippen LogP contribution in [-0.2, 0) is 17.2 Å². The molecule has 0 unspecified atom stereocenters. The van der Waals surface area contributed by atoms with Gasteiger partial charge >= 0.3 is 0 Å². The fourth-order valence-corrected chi connectivity index (χ4v) is 6.85. The third-order valence-electron chi connectivity index (χ3n) is 7.32. The molecule has 1 saturated heterocycles. The molecule has 168 valence electrons. The monoisotopic (exact) mass is 472 g/mol. The van der Waals surface area contributed by atoms with Crippen molar-refractivity contribution in [2.24, 2.45) is 0 Å². The van der Waals surface area contributed by atoms with Gasteiger partial charge in [-0.25, -0.2) is 15.0 Å². The van der Waals surface area contributed by atoms with E-state index in [4.69, 9.17) is 21.6 Å². The van der Waals surface area contributed by atoms with Crippen LogP contribution in [-0.4, -0.2) is 66.3 Å². The molecule has 4 aliphatic rings. The van der Waals surface area contributed by atoms with Crippen molar-refractivity contribution in [3.8, 4) is 0 Å². The van der Waals surface area contributed by atoms with Crippen molar-refractivity contribution < 1.29 is 9.32 Å². The summed E-state index contributed by atoms with van der Waals surface area (Å²) in [5.74, 6) is 2.77. The molecular formula is C22H25ClN6O2S. The second kappa shape index (κ2) is 7.74. The molecule has 2 aromatic rings. The average molecular weight is 473 g/mol. The Labute approximate surface area is 194 Å². The van der Waals surface area contributed by atoms with Gasteiger partial charge in [0.25, 0.3) is 0 Å². The fraction of sp³-hybridized carbons (Fsp3) is 0.545. The van der Waals surface area contributed by atoms with Gasteiger partial charge in [-0.1, -0.05) is 17.7 Å². The summed E-state index contributed by atoms with van der Waals surface area (Å²) in [6, 6.07) is 0. The number of nitrogens with zero attached hydrogens (tertiary/aromatic N) is 6. The molecule has 1 spiro atoms. The lowest BCUT2D eigenvalue weighted by molar-refractivity contribution is 0.0579. The normalized spacial score (nSPS) is 26.2. The highest BCUT2D eigenvalue weighted by atomic mass is 35.5. The summed E-state index contributed by atoms with van der Waals surface area (Å²) in [5, 5.41) is 11.2. The number of rotatable bonds is 3. The van der Waals surface area contributed by atoms with Gasteiger partial charge in [-0.05, 0) is 37.7 Å². The van der Waals surface area contributed by atoms with Gasteiger partial charge in [-0.2, -0.15) is 4.98 Å². The Morgan fingerprint density at radius 1 is 1.16 bits per heavy atom. The standard InChI is InChI=1S/C22H25ClN6O2S/c23-15-12-24-19(25-13-15)14-2-8-28(9-3-14)21-26-16-5-11-32(31)18(16)20(27-21)29-10-4-17(30)22(29)6-1-7-22/h2,12-13,17,30H,1,3-11H2/t17-,32-/m0/s1. The van der Waals surface area contributed by atoms with E-state index in [1.165, 1.54) is 0 Å². The molecule has 10 heteroatoms. The Morgan fingerprint density at radius 2 is 1.97 bits per heavy atom. The molecule has 6 rings (SSSR count). The largest absolute Gasteiger partial charge is 0.391 e. The lowest BCUT2D eigenvalue weighted by Crippen LogP contribution is -2.56. The quantitative estimate of drug-likeness (QED) is 0.727. The minimum Gasteiger partial charge on any atom is -0.391 e. The second-order valence-electron chi connectivity index (χ2n) is 8.99. The van der Waals surface area contributed by atoms with Crippen LogP contribution < -0.4 is 9.80 Å². The Morgan fingerprint density at radius 3 is 2.66 bits per heavy atom. The van der Waals surface area contributed by atoms with E-state index >= 15 is 0 Å². The first-order chi connectivity index (χ1) is 15.5. The number of aliphatic hydroxyl groups is 1. The molecule has 2 fully saturated rings. The number of anilines is 2. The van der Waals surface area contributed by atoms with E-state index in [1.807, 2.05) is 0 Å². The number of aromatic nitrogens is 4. The third kappa shape index (κ3) is 3.16. The molecule has 8 nitrogen and oxygen atoms in total. The van der Waals surface area contributed by atoms with E-state index in [0.29, 0.717) is 35.5 Å². The predicted molar refractivity (Wildman–Crippen MR) is 123 cm³/mol. The van der Waals surface area contributed by atoms with Gasteiger partial charge in [-0.15, -0.1) is 0 Å². The van der Waals surface area contributed by atoms with Crippen molar-refractivity contribution in [2.75, 3.05) is 35.2 Å². The predicted octanol–water partition coefficient (Wildman–Crippen LogP) is 2.37. The first kappa shape index (κ1) is 20.5. The average Bonchev–Trinajstić information content (AvgIpc) is 3.34. The van der Waals surface area contributed by atoms with E-state index in [1.54, 1.807) is 12.4 Å². The van der Waals surface area contributed by atoms with Gasteiger partial charge in [0.05, 0.1) is 33.2 Å². The smallest absolute Gasteiger partial charge is 0.227 e. The van der Waals surface area contributed by atoms with Gasteiger partial charge < -0.3 is 14.9 Å². The third-order valence-corrected chi connectivity index (χ3v) is 8.96. The van der Waals surface area contributed by atoms with Gasteiger partial charge in [-0.3, -0.25) is 4.21 Å². The molecule has 1 aliphatic carbocycles. The molecule has 0 amide bonds. The Kier molecular flexibility index (Phi) is 4.96. The number of aliphatic hydroxyl groups excluding tert-OH is 1. The molecule has 32 heavy (non-hydrogen) atoms. The first-order valence-corrected chi connectivity index (χ1v) is 12.9. The van der Waals surface area contributed by atoms with Crippen molar-refractivity contribution in [1.82, 2.24) is 19.9 Å². The minimum absolute atomic E-state index is 0.243. The summed E-state index contributed by atoms with van der Waals surface area (Å²) >= 11 is 5.91. The molecule has 1 saturated carbocycles. The summed E-state index contributed by atoms with van der Waals surface area (Å²) in [6.45, 7) is 2.17. The zero-order valence-corrected chi connectivity index (χ0v) is 19.3. The van der Waals surface area contributed by atoms with Crippen LogP contribution in [0.4, 0.5) is 11.8 Å². The molecule has 0 bridgehead atoms. The highest BCUT2D eigenvalue weighted by molar-refractivity contribution is 7.85. The lowest BCUT2D eigenvalue weighted by atomic mass is 9.73. The van der Waals surface area contributed by atoms with E-state index in [9.17, 15) is 9.32 Å². The van der Waals surface area contributed by atoms with Crippen LogP contribution >= 0.6 is 11.6 Å². The molecule has 2 atom stereocenters. The van der Waals surface area contributed by atoms with E-state index in [-0.39, 0.29) is 11.6 Å². The second-order valence-corrected chi connectivity index (χ2v) is 10.9. The van der Waals surface area contributed by atoms with E-state index < -0.39 is 10.8 Å². The first-order valence-electron chi connectivity index (χ1n) is 11.2. The Bertz CT molecular complexity index is 1120. The van der Waals surface area contributed by atoms with Crippen LogP contribution in [0.1, 0.15) is 43.6 Å². The molecule has 0 radical (unpaired) electrons. The SMILES string of the molecule is O=[S@]1CCc2nc(N3CC=C(c4ncc(Cl)cn4)CC3)nc(N3CC[C@H](O)C34CCC4)c21. The minimum atomic E-state index is -1.08. The maximum Gasteiger partial charge on any atom is 0.227 e. The molecule has 1 N–H and O–H groups in total. The summed E-state index contributed by atoms with van der Waals surface area (Å²) in [6.07, 6.45) is 10.3. The molecule has 2 aromatic heterocycles. The summed E-state index contributed by atoms with van der Waals surface area (Å²) in [7, 11) is -1.08. The zero-order valence-electron chi connectivity index (χ0n) is 17.7. The topological polar surface area (TPSA) is 95.3 Å². The van der Waals surface area contributed by atoms with Crippen LogP contribution in [0.25, 0.3) is 5.57 Å². The highest BCUT2D eigenvalue weighted by Gasteiger charge is 2.53. The van der Waals surface area contributed by atoms with Crippen LogP contribution in [0.3, 0.4) is 0 Å². The van der Waals surface area contributed by atoms with Crippen molar-refractivity contribution >= 4 is 39.7 Å². The van der Waals surface area contributed by atoms with Crippen molar-refractivity contribution in [3.63, 3.8) is 0 Å². The number of fused-ring (bicyclic) bond motifs is 1. The summed E-state index contributed by atoms with van der Waals surface area (Å²) < 4.78 is 12.8. The highest BCUT2D eigenvalue weighted by Crippen LogP contribution is 2.49. The molecule has 0 aromatic carbocycles. The molecule has 3 aliphatic heterocycles. The van der Waals surface area contributed by atoms with Crippen molar-refractivity contribution in [1.29, 1.82) is 0 Å². The maximum absolute atomic E-state index is 12.8. The van der Waals surface area contributed by atoms with Gasteiger partial charge in [0.1, 0.15) is 4.90 Å². The maximum atomic E-state index is 12.8. The summed E-state index contributed by atoms with van der Waals surface area (Å²) in [4.78, 5) is 23.7. The number of aryl methyl sites for hydroxylation is 1. The van der Waals surface area contributed by atoms with Crippen molar-refractivity contribution in [2.45, 2.75) is 55.1 Å². The van der Waals surface area contributed by atoms with Gasteiger partial charge in [0, 0.05) is 44.2 Å². The van der Waals surface area contributed by atoms with Crippen molar-refractivity contribution in [3.05, 3.63) is 35.0 Å². The Hall–Kier alpha value is -2.10. The van der Waals surface area contributed by atoms with Crippen LogP contribution in [0, 0.1) is 0 Å². The molecular weight excluding hydrogens is 448 g/mol. The van der Waals surface area contributed by atoms with Crippen LogP contribution in [0.2, 0.25) is 5.02 Å². The number of hydrogen-bond acceptors (Lipinski definition) is 8. The Balaban J connectivity index is 1.33. The van der Waals surface area contributed by atoms with E-state index in [2.05, 4.69) is 25.8 Å². The zero-order chi connectivity index (χ0) is 21.9. The number of hydrogen-bond donors (Lipinski definition) is 1. The molecule has 5 heterocycles. The van der Waals surface area contributed by atoms with Crippen LogP contribution in [0.5, 0.6) is 0 Å². The van der Waals surface area contributed by atoms with Crippen LogP contribution in [0.15, 0.2) is 23.4 Å².